The number of aromatic amines is 1. The topological polar surface area (TPSA) is 82.0 Å². The number of hydrogen-bond acceptors (Lipinski definition) is 2. The van der Waals surface area contributed by atoms with Gasteiger partial charge in [-0.25, -0.2) is 0 Å². The van der Waals surface area contributed by atoms with E-state index in [1.807, 2.05) is 21.0 Å². The van der Waals surface area contributed by atoms with Crippen molar-refractivity contribution in [2.75, 3.05) is 14.1 Å². The van der Waals surface area contributed by atoms with Crippen molar-refractivity contribution in [3.05, 3.63) is 28.9 Å². The van der Waals surface area contributed by atoms with Gasteiger partial charge in [0.25, 0.3) is 0 Å². The van der Waals surface area contributed by atoms with Gasteiger partial charge in [-0.05, 0) is 56.7 Å². The molecule has 96 valence electrons. The quantitative estimate of drug-likeness (QED) is 0.852. The molecule has 6 heteroatoms. The number of rotatable bonds is 2. The lowest BCUT2D eigenvalue weighted by atomic mass is 10.2. The molecule has 17 heavy (non-hydrogen) atoms. The maximum absolute atomic E-state index is 6.04. The van der Waals surface area contributed by atoms with Crippen molar-refractivity contribution in [3.63, 3.8) is 0 Å². The Morgan fingerprint density at radius 3 is 2.47 bits per heavy atom. The third-order valence-electron chi connectivity index (χ3n) is 2.26. The molecule has 0 radical (unpaired) electrons. The zero-order valence-electron chi connectivity index (χ0n) is 9.97. The molecule has 0 saturated carbocycles. The first-order chi connectivity index (χ1) is 7.08. The lowest BCUT2D eigenvalue weighted by Gasteiger charge is -2.08. The maximum atomic E-state index is 6.04. The Labute approximate surface area is 110 Å². The molecule has 0 aliphatic rings. The predicted molar refractivity (Wildman–Crippen MR) is 74.8 cm³/mol. The van der Waals surface area contributed by atoms with E-state index in [-0.39, 0.29) is 11.0 Å². The van der Waals surface area contributed by atoms with Gasteiger partial charge >= 0.3 is 0 Å². The fourth-order valence-electron chi connectivity index (χ4n) is 1.54. The van der Waals surface area contributed by atoms with Gasteiger partial charge in [-0.2, -0.15) is 0 Å². The molecule has 0 spiro atoms. The van der Waals surface area contributed by atoms with Gasteiger partial charge in [0, 0.05) is 15.8 Å². The normalized spacial score (nSPS) is 10.2. The minimum atomic E-state index is 0. The third-order valence-corrected chi connectivity index (χ3v) is 3.46. The van der Waals surface area contributed by atoms with E-state index in [1.165, 1.54) is 10.3 Å². The number of hydrogen-bond donors (Lipinski definition) is 1. The van der Waals surface area contributed by atoms with Gasteiger partial charge in [0.1, 0.15) is 5.15 Å². The minimum absolute atomic E-state index is 0. The Kier molecular flexibility index (Phi) is 6.01. The molecular weight excluding hydrogens is 260 g/mol. The van der Waals surface area contributed by atoms with Crippen LogP contribution >= 0.6 is 23.5 Å². The Morgan fingerprint density at radius 2 is 1.88 bits per heavy atom. The van der Waals surface area contributed by atoms with Gasteiger partial charge in [-0.3, -0.25) is 4.31 Å². The van der Waals surface area contributed by atoms with Crippen molar-refractivity contribution in [1.29, 1.82) is 0 Å². The molecule has 0 fully saturated rings. The van der Waals surface area contributed by atoms with Crippen LogP contribution in [0.5, 0.6) is 0 Å². The van der Waals surface area contributed by atoms with E-state index in [2.05, 4.69) is 27.5 Å². The SMILES string of the molecule is Cc1c(Cl)[nH]c2ccc(SN(C)C)cc12.O.O. The molecule has 0 saturated heterocycles. The zero-order chi connectivity index (χ0) is 11.0. The summed E-state index contributed by atoms with van der Waals surface area (Å²) in [6.45, 7) is 2.03. The van der Waals surface area contributed by atoms with Crippen LogP contribution in [0, 0.1) is 6.92 Å². The molecule has 0 aliphatic carbocycles. The molecule has 0 aliphatic heterocycles. The molecule has 0 bridgehead atoms. The maximum Gasteiger partial charge on any atom is 0.110 e. The van der Waals surface area contributed by atoms with Gasteiger partial charge in [-0.1, -0.05) is 11.6 Å². The molecule has 5 N–H and O–H groups in total. The predicted octanol–water partition coefficient (Wildman–Crippen LogP) is 2.05. The molecule has 0 atom stereocenters. The van der Waals surface area contributed by atoms with Crippen molar-refractivity contribution in [2.24, 2.45) is 0 Å². The summed E-state index contributed by atoms with van der Waals surface area (Å²) in [5.74, 6) is 0. The van der Waals surface area contributed by atoms with Crippen molar-refractivity contribution in [1.82, 2.24) is 9.29 Å². The van der Waals surface area contributed by atoms with Crippen LogP contribution in [-0.4, -0.2) is 34.3 Å². The van der Waals surface area contributed by atoms with E-state index in [1.54, 1.807) is 11.9 Å². The highest BCUT2D eigenvalue weighted by molar-refractivity contribution is 7.97. The number of halogens is 1. The van der Waals surface area contributed by atoms with E-state index < -0.39 is 0 Å². The largest absolute Gasteiger partial charge is 0.412 e. The van der Waals surface area contributed by atoms with E-state index in [9.17, 15) is 0 Å². The molecule has 2 rings (SSSR count). The molecule has 1 aromatic carbocycles. The first-order valence-corrected chi connectivity index (χ1v) is 5.86. The van der Waals surface area contributed by atoms with E-state index in [4.69, 9.17) is 11.6 Å². The molecule has 2 aromatic rings. The van der Waals surface area contributed by atoms with Crippen LogP contribution in [0.4, 0.5) is 0 Å². The van der Waals surface area contributed by atoms with E-state index in [0.29, 0.717) is 0 Å². The number of aryl methyl sites for hydroxylation is 1. The van der Waals surface area contributed by atoms with Crippen LogP contribution in [0.15, 0.2) is 23.1 Å². The Bertz CT molecular complexity index is 499. The van der Waals surface area contributed by atoms with Gasteiger partial charge in [0.15, 0.2) is 0 Å². The molecule has 0 amide bonds. The lowest BCUT2D eigenvalue weighted by molar-refractivity contribution is 0.703. The van der Waals surface area contributed by atoms with Crippen LogP contribution in [-0.2, 0) is 0 Å². The molecule has 1 aromatic heterocycles. The van der Waals surface area contributed by atoms with E-state index in [0.717, 1.165) is 16.2 Å². The molecule has 1 heterocycles. The third kappa shape index (κ3) is 3.37. The lowest BCUT2D eigenvalue weighted by Crippen LogP contribution is -1.98. The first kappa shape index (κ1) is 16.3. The Balaban J connectivity index is 0.00000128. The average Bonchev–Trinajstić information content (AvgIpc) is 2.43. The van der Waals surface area contributed by atoms with Crippen LogP contribution in [0.25, 0.3) is 10.9 Å². The second-order valence-electron chi connectivity index (χ2n) is 3.68. The highest BCUT2D eigenvalue weighted by Crippen LogP contribution is 2.29. The summed E-state index contributed by atoms with van der Waals surface area (Å²) >= 11 is 7.74. The summed E-state index contributed by atoms with van der Waals surface area (Å²) in [7, 11) is 4.07. The number of nitrogens with zero attached hydrogens (tertiary/aromatic N) is 1. The van der Waals surface area contributed by atoms with Gasteiger partial charge in [0.05, 0.1) is 0 Å². The standard InChI is InChI=1S/C11H13ClN2S.2H2O/c1-7-9-6-8(15-14(2)3)4-5-10(9)13-11(7)12;;/h4-6,13H,1-3H3;2*1H2. The van der Waals surface area contributed by atoms with Crippen LogP contribution in [0.1, 0.15) is 5.56 Å². The summed E-state index contributed by atoms with van der Waals surface area (Å²) in [5, 5.41) is 1.93. The summed E-state index contributed by atoms with van der Waals surface area (Å²) in [5.41, 5.74) is 2.22. The zero-order valence-corrected chi connectivity index (χ0v) is 11.5. The van der Waals surface area contributed by atoms with Gasteiger partial charge in [-0.15, -0.1) is 0 Å². The first-order valence-electron chi connectivity index (χ1n) is 4.71. The van der Waals surface area contributed by atoms with E-state index >= 15 is 0 Å². The van der Waals surface area contributed by atoms with Crippen molar-refractivity contribution in [2.45, 2.75) is 11.8 Å². The number of fused-ring (bicyclic) bond motifs is 1. The fourth-order valence-corrected chi connectivity index (χ4v) is 2.47. The summed E-state index contributed by atoms with van der Waals surface area (Å²) in [6.07, 6.45) is 0. The van der Waals surface area contributed by atoms with Gasteiger partial charge < -0.3 is 15.9 Å². The Morgan fingerprint density at radius 1 is 1.24 bits per heavy atom. The number of H-pyrrole nitrogens is 1. The minimum Gasteiger partial charge on any atom is -0.412 e. The molecule has 4 nitrogen and oxygen atoms in total. The average molecular weight is 277 g/mol. The van der Waals surface area contributed by atoms with Crippen molar-refractivity contribution >= 4 is 34.5 Å². The highest BCUT2D eigenvalue weighted by atomic mass is 35.5. The van der Waals surface area contributed by atoms with Crippen LogP contribution in [0.3, 0.4) is 0 Å². The number of benzene rings is 1. The monoisotopic (exact) mass is 276 g/mol. The summed E-state index contributed by atoms with van der Waals surface area (Å²) < 4.78 is 2.07. The molecule has 0 unspecified atom stereocenters. The Hall–Kier alpha value is -0.720. The highest BCUT2D eigenvalue weighted by Gasteiger charge is 2.06. The van der Waals surface area contributed by atoms with Gasteiger partial charge in [0.2, 0.25) is 0 Å². The summed E-state index contributed by atoms with van der Waals surface area (Å²) in [6, 6.07) is 6.33. The second-order valence-corrected chi connectivity index (χ2v) is 5.44. The van der Waals surface area contributed by atoms with Crippen molar-refractivity contribution in [3.8, 4) is 0 Å². The summed E-state index contributed by atoms with van der Waals surface area (Å²) in [4.78, 5) is 4.38. The smallest absolute Gasteiger partial charge is 0.110 e. The number of aromatic nitrogens is 1. The van der Waals surface area contributed by atoms with Crippen molar-refractivity contribution < 1.29 is 11.0 Å². The number of nitrogens with one attached hydrogen (secondary N) is 1. The van der Waals surface area contributed by atoms with Crippen LogP contribution in [0.2, 0.25) is 5.15 Å². The fraction of sp³-hybridized carbons (Fsp3) is 0.273. The van der Waals surface area contributed by atoms with Crippen LogP contribution < -0.4 is 0 Å². The molecular formula is C11H17ClN2O2S. The second kappa shape index (κ2) is 6.28.